The number of halogens is 1. The predicted octanol–water partition coefficient (Wildman–Crippen LogP) is 4.19. The van der Waals surface area contributed by atoms with Crippen molar-refractivity contribution in [3.63, 3.8) is 0 Å². The Morgan fingerprint density at radius 3 is 2.85 bits per heavy atom. The van der Waals surface area contributed by atoms with Gasteiger partial charge in [-0.2, -0.15) is 5.10 Å². The summed E-state index contributed by atoms with van der Waals surface area (Å²) < 4.78 is 1.76. The fourth-order valence-corrected chi connectivity index (χ4v) is 5.89. The maximum atomic E-state index is 13.6. The van der Waals surface area contributed by atoms with Crippen LogP contribution in [0.5, 0.6) is 0 Å². The highest BCUT2D eigenvalue weighted by atomic mass is 35.5. The van der Waals surface area contributed by atoms with Crippen molar-refractivity contribution in [2.75, 3.05) is 13.1 Å². The summed E-state index contributed by atoms with van der Waals surface area (Å²) in [4.78, 5) is 33.8. The number of nitrogens with one attached hydrogen (secondary N) is 1. The Morgan fingerprint density at radius 1 is 1.30 bits per heavy atom. The first-order chi connectivity index (χ1) is 15.9. The number of carbonyl (C=O) groups is 2. The molecule has 0 unspecified atom stereocenters. The number of benzene rings is 1. The van der Waals surface area contributed by atoms with Crippen LogP contribution in [0.4, 0.5) is 0 Å². The van der Waals surface area contributed by atoms with Crippen LogP contribution < -0.4 is 5.32 Å². The number of nitrogens with zero attached hydrogens (tertiary/aromatic N) is 4. The van der Waals surface area contributed by atoms with Crippen molar-refractivity contribution in [2.45, 2.75) is 39.8 Å². The molecule has 33 heavy (non-hydrogen) atoms. The highest BCUT2D eigenvalue weighted by molar-refractivity contribution is 7.15. The topological polar surface area (TPSA) is 80.1 Å². The smallest absolute Gasteiger partial charge is 0.274 e. The van der Waals surface area contributed by atoms with Crippen LogP contribution in [0.2, 0.25) is 5.02 Å². The van der Waals surface area contributed by atoms with E-state index in [1.165, 1.54) is 11.3 Å². The zero-order valence-electron chi connectivity index (χ0n) is 18.8. The van der Waals surface area contributed by atoms with Crippen molar-refractivity contribution in [3.8, 4) is 10.4 Å². The van der Waals surface area contributed by atoms with Crippen LogP contribution in [0.3, 0.4) is 0 Å². The molecule has 3 atom stereocenters. The average Bonchev–Trinajstić information content (AvgIpc) is 3.11. The highest BCUT2D eigenvalue weighted by Crippen LogP contribution is 2.50. The molecule has 1 saturated heterocycles. The van der Waals surface area contributed by atoms with Crippen molar-refractivity contribution in [1.82, 2.24) is 25.0 Å². The fourth-order valence-electron chi connectivity index (χ4n) is 4.80. The van der Waals surface area contributed by atoms with E-state index in [4.69, 9.17) is 11.6 Å². The van der Waals surface area contributed by atoms with Crippen LogP contribution in [0.15, 0.2) is 30.5 Å². The van der Waals surface area contributed by atoms with Gasteiger partial charge in [-0.25, -0.2) is 4.98 Å². The Balaban J connectivity index is 1.35. The molecule has 3 aromatic rings. The lowest BCUT2D eigenvalue weighted by atomic mass is 10.1. The van der Waals surface area contributed by atoms with Gasteiger partial charge in [0.2, 0.25) is 0 Å². The van der Waals surface area contributed by atoms with Crippen LogP contribution >= 0.6 is 22.9 Å². The van der Waals surface area contributed by atoms with Crippen molar-refractivity contribution < 1.29 is 9.59 Å². The lowest BCUT2D eigenvalue weighted by molar-refractivity contribution is 0.0690. The van der Waals surface area contributed by atoms with Crippen LogP contribution in [-0.4, -0.2) is 50.6 Å². The van der Waals surface area contributed by atoms with E-state index < -0.39 is 0 Å². The van der Waals surface area contributed by atoms with Crippen LogP contribution in [0.1, 0.15) is 44.9 Å². The Bertz CT molecular complexity index is 1240. The van der Waals surface area contributed by atoms with Gasteiger partial charge in [0.15, 0.2) is 0 Å². The van der Waals surface area contributed by atoms with E-state index in [2.05, 4.69) is 15.4 Å². The molecule has 2 aliphatic rings. The number of hydrogen-bond acceptors (Lipinski definition) is 5. The first kappa shape index (κ1) is 22.1. The van der Waals surface area contributed by atoms with Gasteiger partial charge in [0.05, 0.1) is 27.2 Å². The maximum absolute atomic E-state index is 13.6. The summed E-state index contributed by atoms with van der Waals surface area (Å²) in [5.41, 5.74) is 2.66. The van der Waals surface area contributed by atoms with E-state index >= 15 is 0 Å². The summed E-state index contributed by atoms with van der Waals surface area (Å²) in [5, 5.41) is 8.87. The zero-order chi connectivity index (χ0) is 23.3. The number of carbonyl (C=O) groups excluding carboxylic acids is 2. The lowest BCUT2D eigenvalue weighted by Gasteiger charge is -2.27. The number of likely N-dealkylation sites (tertiary alicyclic amines) is 1. The van der Waals surface area contributed by atoms with E-state index in [-0.39, 0.29) is 17.9 Å². The highest BCUT2D eigenvalue weighted by Gasteiger charge is 2.54. The summed E-state index contributed by atoms with van der Waals surface area (Å²) in [6, 6.07) is 7.49. The molecule has 0 bridgehead atoms. The van der Waals surface area contributed by atoms with Gasteiger partial charge in [-0.1, -0.05) is 23.7 Å². The van der Waals surface area contributed by atoms with E-state index in [9.17, 15) is 9.59 Å². The van der Waals surface area contributed by atoms with Gasteiger partial charge in [-0.3, -0.25) is 14.3 Å². The molecule has 1 aromatic carbocycles. The second-order valence-corrected chi connectivity index (χ2v) is 10.4. The molecule has 3 heterocycles. The average molecular weight is 484 g/mol. The van der Waals surface area contributed by atoms with Gasteiger partial charge in [0, 0.05) is 30.9 Å². The van der Waals surface area contributed by atoms with Gasteiger partial charge in [-0.15, -0.1) is 11.3 Å². The molecule has 2 fully saturated rings. The van der Waals surface area contributed by atoms with Crippen molar-refractivity contribution in [3.05, 3.63) is 57.4 Å². The molecule has 9 heteroatoms. The summed E-state index contributed by atoms with van der Waals surface area (Å²) in [6.45, 7) is 7.59. The SMILES string of the molecule is CCn1cc(C(=O)NC[C@@H]2[C@@H]3C[C@@H]3CN2C(=O)c2nc(C)sc2-c2cccc(Cl)c2)c(C)n1. The predicted molar refractivity (Wildman–Crippen MR) is 129 cm³/mol. The molecule has 1 N–H and O–H groups in total. The minimum atomic E-state index is -0.146. The first-order valence-corrected chi connectivity index (χ1v) is 12.4. The summed E-state index contributed by atoms with van der Waals surface area (Å²) in [6.07, 6.45) is 2.88. The molecule has 2 aromatic heterocycles. The van der Waals surface area contributed by atoms with Gasteiger partial charge in [0.25, 0.3) is 11.8 Å². The maximum Gasteiger partial charge on any atom is 0.274 e. The van der Waals surface area contributed by atoms with Gasteiger partial charge < -0.3 is 10.2 Å². The van der Waals surface area contributed by atoms with Gasteiger partial charge in [-0.05, 0) is 56.7 Å². The number of aryl methyl sites for hydroxylation is 3. The first-order valence-electron chi connectivity index (χ1n) is 11.2. The Morgan fingerprint density at radius 2 is 2.12 bits per heavy atom. The number of amides is 2. The van der Waals surface area contributed by atoms with Gasteiger partial charge >= 0.3 is 0 Å². The summed E-state index contributed by atoms with van der Waals surface area (Å²) in [7, 11) is 0. The minimum absolute atomic E-state index is 0.0257. The molecular formula is C24H26ClN5O2S. The normalized spacial score (nSPS) is 21.2. The largest absolute Gasteiger partial charge is 0.350 e. The molecule has 0 radical (unpaired) electrons. The Labute approximate surface area is 201 Å². The van der Waals surface area contributed by atoms with Crippen LogP contribution in [-0.2, 0) is 6.54 Å². The van der Waals surface area contributed by atoms with Crippen molar-refractivity contribution in [1.29, 1.82) is 0 Å². The summed E-state index contributed by atoms with van der Waals surface area (Å²) >= 11 is 7.70. The van der Waals surface area contributed by atoms with Gasteiger partial charge in [0.1, 0.15) is 5.69 Å². The number of aromatic nitrogens is 3. The lowest BCUT2D eigenvalue weighted by Crippen LogP contribution is -2.45. The van der Waals surface area contributed by atoms with Crippen LogP contribution in [0, 0.1) is 25.7 Å². The van der Waals surface area contributed by atoms with Crippen LogP contribution in [0.25, 0.3) is 10.4 Å². The van der Waals surface area contributed by atoms with E-state index in [0.717, 1.165) is 21.9 Å². The van der Waals surface area contributed by atoms with E-state index in [1.54, 1.807) is 10.9 Å². The van der Waals surface area contributed by atoms with E-state index in [0.29, 0.717) is 53.4 Å². The number of rotatable bonds is 6. The summed E-state index contributed by atoms with van der Waals surface area (Å²) in [5.74, 6) is 0.724. The number of hydrogen-bond donors (Lipinski definition) is 1. The standard InChI is InChI=1S/C24H26ClN5O2S/c1-4-29-12-19(13(2)28-29)23(31)26-10-20-18-9-16(18)11-30(20)24(32)21-22(33-14(3)27-21)15-6-5-7-17(25)8-15/h5-8,12,16,18,20H,4,9-11H2,1-3H3,(H,26,31)/t16-,18-,20-/m1/s1. The monoisotopic (exact) mass is 483 g/mol. The second-order valence-electron chi connectivity index (χ2n) is 8.80. The molecular weight excluding hydrogens is 458 g/mol. The second kappa shape index (κ2) is 8.57. The Hall–Kier alpha value is -2.71. The molecule has 5 rings (SSSR count). The minimum Gasteiger partial charge on any atom is -0.350 e. The molecule has 1 aliphatic carbocycles. The quantitative estimate of drug-likeness (QED) is 0.570. The number of thiazole rings is 1. The van der Waals surface area contributed by atoms with Crippen molar-refractivity contribution in [2.24, 2.45) is 11.8 Å². The third-order valence-electron chi connectivity index (χ3n) is 6.57. The third kappa shape index (κ3) is 4.17. The number of fused-ring (bicyclic) bond motifs is 1. The number of piperidine rings is 1. The fraction of sp³-hybridized carbons (Fsp3) is 0.417. The Kier molecular flexibility index (Phi) is 5.74. The molecule has 1 aliphatic heterocycles. The third-order valence-corrected chi connectivity index (χ3v) is 7.83. The zero-order valence-corrected chi connectivity index (χ0v) is 20.4. The molecule has 7 nitrogen and oxygen atoms in total. The van der Waals surface area contributed by atoms with Crippen molar-refractivity contribution >= 4 is 34.8 Å². The molecule has 1 saturated carbocycles. The molecule has 172 valence electrons. The van der Waals surface area contributed by atoms with E-state index in [1.807, 2.05) is 49.9 Å². The molecule has 2 amide bonds. The molecule has 0 spiro atoms.